The van der Waals surface area contributed by atoms with Gasteiger partial charge in [-0.3, -0.25) is 9.59 Å². The number of nitrogens with zero attached hydrogens (tertiary/aromatic N) is 3. The van der Waals surface area contributed by atoms with Crippen molar-refractivity contribution in [1.29, 1.82) is 0 Å². The number of rotatable bonds is 13. The van der Waals surface area contributed by atoms with Crippen molar-refractivity contribution in [3.05, 3.63) is 76.7 Å². The van der Waals surface area contributed by atoms with Crippen molar-refractivity contribution >= 4 is 28.3 Å². The fourth-order valence-electron chi connectivity index (χ4n) is 3.29. The summed E-state index contributed by atoms with van der Waals surface area (Å²) < 4.78 is 40.9. The van der Waals surface area contributed by atoms with Crippen LogP contribution in [-0.4, -0.2) is 38.3 Å². The van der Waals surface area contributed by atoms with Crippen LogP contribution in [0.2, 0.25) is 0 Å². The molecule has 1 aromatic carbocycles. The van der Waals surface area contributed by atoms with Gasteiger partial charge in [-0.2, -0.15) is 0 Å². The molecule has 0 atom stereocenters. The third kappa shape index (κ3) is 11.3. The molecule has 0 spiro atoms. The van der Waals surface area contributed by atoms with Crippen LogP contribution in [0.4, 0.5) is 18.3 Å². The number of aromatic amines is 1. The zero-order chi connectivity index (χ0) is 28.3. The zero-order valence-corrected chi connectivity index (χ0v) is 21.4. The van der Waals surface area contributed by atoms with E-state index in [9.17, 15) is 22.8 Å². The lowest BCUT2D eigenvalue weighted by Gasteiger charge is -2.10. The van der Waals surface area contributed by atoms with Crippen molar-refractivity contribution in [3.8, 4) is 5.75 Å². The minimum absolute atomic E-state index is 0.0432. The van der Waals surface area contributed by atoms with E-state index in [2.05, 4.69) is 35.5 Å². The predicted molar refractivity (Wildman–Crippen MR) is 138 cm³/mol. The maximum absolute atomic E-state index is 12.4. The highest BCUT2D eigenvalue weighted by Crippen LogP contribution is 2.23. The van der Waals surface area contributed by atoms with Crippen molar-refractivity contribution in [1.82, 2.24) is 25.5 Å². The van der Waals surface area contributed by atoms with Gasteiger partial charge in [-0.25, -0.2) is 4.98 Å². The van der Waals surface area contributed by atoms with Crippen LogP contribution in [0.15, 0.2) is 60.5 Å². The van der Waals surface area contributed by atoms with Gasteiger partial charge in [0.2, 0.25) is 16.9 Å². The lowest BCUT2D eigenvalue weighted by molar-refractivity contribution is -0.274. The number of anilines is 1. The largest absolute Gasteiger partial charge is 0.573 e. The second-order valence-electron chi connectivity index (χ2n) is 8.29. The molecule has 0 radical (unpaired) electrons. The number of allylic oxidation sites excluding steroid dienone is 3. The molecule has 0 saturated carbocycles. The van der Waals surface area contributed by atoms with Crippen LogP contribution >= 0.6 is 11.3 Å². The fourth-order valence-corrected chi connectivity index (χ4v) is 4.09. The maximum atomic E-state index is 12.4. The summed E-state index contributed by atoms with van der Waals surface area (Å²) in [4.78, 5) is 30.9. The van der Waals surface area contributed by atoms with Gasteiger partial charge in [-0.1, -0.05) is 23.5 Å². The number of imidazole rings is 1. The minimum atomic E-state index is -4.82. The number of aryl methyl sites for hydroxylation is 1. The summed E-state index contributed by atoms with van der Waals surface area (Å²) in [7, 11) is 0. The SMILES string of the molecule is N/C(=C\C=C(/N)NC(=O)Cc1cccc(OC(F)(F)F)c1)CCCCc1nnc(NC(=O)Cc2cnc[nH]2)s1. The van der Waals surface area contributed by atoms with E-state index in [4.69, 9.17) is 11.5 Å². The van der Waals surface area contributed by atoms with Crippen LogP contribution in [0.3, 0.4) is 0 Å². The van der Waals surface area contributed by atoms with Crippen LogP contribution in [0, 0.1) is 0 Å². The predicted octanol–water partition coefficient (Wildman–Crippen LogP) is 3.06. The average Bonchev–Trinajstić information content (AvgIpc) is 3.51. The Morgan fingerprint density at radius 1 is 1.10 bits per heavy atom. The number of amides is 2. The highest BCUT2D eigenvalue weighted by molar-refractivity contribution is 7.15. The summed E-state index contributed by atoms with van der Waals surface area (Å²) in [6, 6.07) is 5.14. The van der Waals surface area contributed by atoms with Gasteiger partial charge in [-0.05, 0) is 49.1 Å². The lowest BCUT2D eigenvalue weighted by atomic mass is 10.1. The van der Waals surface area contributed by atoms with Gasteiger partial charge in [0.1, 0.15) is 16.6 Å². The number of unbranched alkanes of at least 4 members (excludes halogenated alkanes) is 1. The molecule has 0 fully saturated rings. The van der Waals surface area contributed by atoms with Crippen molar-refractivity contribution in [2.24, 2.45) is 11.5 Å². The molecule has 3 rings (SSSR count). The van der Waals surface area contributed by atoms with Crippen molar-refractivity contribution in [2.75, 3.05) is 5.32 Å². The Morgan fingerprint density at radius 3 is 2.67 bits per heavy atom. The molecule has 2 aromatic heterocycles. The van der Waals surface area contributed by atoms with E-state index in [1.807, 2.05) is 0 Å². The molecule has 2 amide bonds. The number of nitrogens with two attached hydrogens (primary N) is 2. The monoisotopic (exact) mass is 564 g/mol. The number of alkyl halides is 3. The Bertz CT molecular complexity index is 1310. The highest BCUT2D eigenvalue weighted by Gasteiger charge is 2.31. The Morgan fingerprint density at radius 2 is 1.92 bits per heavy atom. The van der Waals surface area contributed by atoms with Crippen molar-refractivity contribution in [2.45, 2.75) is 44.9 Å². The molecular weight excluding hydrogens is 537 g/mol. The number of nitrogens with one attached hydrogen (secondary N) is 3. The van der Waals surface area contributed by atoms with E-state index in [-0.39, 0.29) is 24.6 Å². The van der Waals surface area contributed by atoms with Gasteiger partial charge < -0.3 is 31.8 Å². The topological polar surface area (TPSA) is 174 Å². The van der Waals surface area contributed by atoms with Gasteiger partial charge >= 0.3 is 6.36 Å². The Balaban J connectivity index is 1.35. The number of H-pyrrole nitrogens is 1. The standard InChI is InChI=1S/C24H27F3N8O3S/c25-24(26,27)38-18-6-3-4-15(10-18)11-20(36)32-19(29)9-8-16(28)5-1-2-7-22-34-35-23(39-22)33-21(37)12-17-13-30-14-31-17/h3-4,6,8-10,13-14H,1-2,5,7,11-12,28-29H2,(H,30,31)(H,32,36)(H,33,35,37)/b16-8-,19-9+. The summed E-state index contributed by atoms with van der Waals surface area (Å²) in [6.45, 7) is 0. The van der Waals surface area contributed by atoms with E-state index in [0.29, 0.717) is 34.9 Å². The first-order valence-electron chi connectivity index (χ1n) is 11.7. The Labute approximate surface area is 225 Å². The fraction of sp³-hybridized carbons (Fsp3) is 0.292. The number of carbonyl (C=O) groups excluding carboxylic acids is 2. The van der Waals surface area contributed by atoms with Crippen LogP contribution in [-0.2, 0) is 28.9 Å². The third-order valence-electron chi connectivity index (χ3n) is 4.98. The molecule has 2 heterocycles. The van der Waals surface area contributed by atoms with E-state index in [1.165, 1.54) is 35.9 Å². The molecular formula is C24H27F3N8O3S. The first kappa shape index (κ1) is 29.2. The molecule has 11 nitrogen and oxygen atoms in total. The van der Waals surface area contributed by atoms with Crippen LogP contribution in [0.1, 0.15) is 35.5 Å². The summed E-state index contributed by atoms with van der Waals surface area (Å²) in [5, 5.41) is 14.5. The van der Waals surface area contributed by atoms with Crippen molar-refractivity contribution < 1.29 is 27.5 Å². The number of ether oxygens (including phenoxy) is 1. The van der Waals surface area contributed by atoms with Crippen LogP contribution < -0.4 is 26.8 Å². The van der Waals surface area contributed by atoms with E-state index < -0.39 is 18.0 Å². The Kier molecular flexibility index (Phi) is 10.4. The van der Waals surface area contributed by atoms with Gasteiger partial charge in [0, 0.05) is 24.0 Å². The normalized spacial score (nSPS) is 12.3. The third-order valence-corrected chi connectivity index (χ3v) is 5.88. The van der Waals surface area contributed by atoms with Crippen LogP contribution in [0.25, 0.3) is 0 Å². The number of hydrogen-bond acceptors (Lipinski definition) is 9. The molecule has 0 bridgehead atoms. The highest BCUT2D eigenvalue weighted by atomic mass is 32.1. The van der Waals surface area contributed by atoms with Gasteiger partial charge in [-0.15, -0.1) is 23.4 Å². The number of carbonyl (C=O) groups is 2. The van der Waals surface area contributed by atoms with Gasteiger partial charge in [0.05, 0.1) is 19.2 Å². The molecule has 0 aliphatic carbocycles. The molecule has 0 saturated heterocycles. The van der Waals surface area contributed by atoms with Gasteiger partial charge in [0.25, 0.3) is 0 Å². The average molecular weight is 565 g/mol. The number of halogens is 3. The molecule has 7 N–H and O–H groups in total. The van der Waals surface area contributed by atoms with Crippen molar-refractivity contribution in [3.63, 3.8) is 0 Å². The summed E-state index contributed by atoms with van der Waals surface area (Å²) in [6.07, 6.45) is 4.06. The first-order valence-corrected chi connectivity index (χ1v) is 12.5. The van der Waals surface area contributed by atoms with E-state index in [0.717, 1.165) is 30.0 Å². The second-order valence-corrected chi connectivity index (χ2v) is 9.36. The summed E-state index contributed by atoms with van der Waals surface area (Å²) in [5.41, 5.74) is 13.4. The lowest BCUT2D eigenvalue weighted by Crippen LogP contribution is -2.28. The second kappa shape index (κ2) is 13.9. The number of benzene rings is 1. The maximum Gasteiger partial charge on any atom is 0.573 e. The Hall–Kier alpha value is -4.40. The molecule has 208 valence electrons. The van der Waals surface area contributed by atoms with E-state index in [1.54, 1.807) is 12.3 Å². The van der Waals surface area contributed by atoms with Gasteiger partial charge in [0.15, 0.2) is 0 Å². The minimum Gasteiger partial charge on any atom is -0.406 e. The molecule has 0 unspecified atom stereocenters. The summed E-state index contributed by atoms with van der Waals surface area (Å²) >= 11 is 1.31. The molecule has 0 aliphatic rings. The summed E-state index contributed by atoms with van der Waals surface area (Å²) in [5.74, 6) is -1.09. The van der Waals surface area contributed by atoms with E-state index >= 15 is 0 Å². The molecule has 0 aliphatic heterocycles. The quantitative estimate of drug-likeness (QED) is 0.156. The molecule has 15 heteroatoms. The molecule has 39 heavy (non-hydrogen) atoms. The first-order chi connectivity index (χ1) is 18.6. The number of hydrogen-bond donors (Lipinski definition) is 5. The smallest absolute Gasteiger partial charge is 0.406 e. The number of aromatic nitrogens is 4. The molecule has 3 aromatic rings. The zero-order valence-electron chi connectivity index (χ0n) is 20.6. The van der Waals surface area contributed by atoms with Crippen LogP contribution in [0.5, 0.6) is 5.75 Å².